The summed E-state index contributed by atoms with van der Waals surface area (Å²) < 4.78 is -1.83. The third-order valence-corrected chi connectivity index (χ3v) is 4.12. The van der Waals surface area contributed by atoms with Crippen molar-refractivity contribution in [2.75, 3.05) is 5.32 Å². The number of thiocarbonyl (C=S) groups is 1. The fourth-order valence-corrected chi connectivity index (χ4v) is 2.60. The highest BCUT2D eigenvalue weighted by Crippen LogP contribution is 2.29. The molecule has 0 aromatic heterocycles. The molecular formula is C17H16Cl3N3O2S. The van der Waals surface area contributed by atoms with E-state index < -0.39 is 9.96 Å². The van der Waals surface area contributed by atoms with E-state index in [1.807, 2.05) is 30.3 Å². The SMILES string of the molecule is O=C(Cc1ccccc1)NC(NC(=S)Nc1ccc(O)cc1)C(Cl)(Cl)Cl. The summed E-state index contributed by atoms with van der Waals surface area (Å²) in [5.41, 5.74) is 1.46. The number of phenols is 1. The second-order valence-corrected chi connectivity index (χ2v) is 8.13. The molecule has 2 rings (SSSR count). The van der Waals surface area contributed by atoms with E-state index in [0.717, 1.165) is 5.56 Å². The first-order valence-corrected chi connectivity index (χ1v) is 9.05. The topological polar surface area (TPSA) is 73.4 Å². The maximum atomic E-state index is 12.2. The average Bonchev–Trinajstić information content (AvgIpc) is 2.56. The first kappa shape index (κ1) is 20.6. The van der Waals surface area contributed by atoms with E-state index in [1.165, 1.54) is 12.1 Å². The normalized spacial score (nSPS) is 12.1. The smallest absolute Gasteiger partial charge is 0.228 e. The fraction of sp³-hybridized carbons (Fsp3) is 0.176. The fourth-order valence-electron chi connectivity index (χ4n) is 2.04. The predicted molar refractivity (Wildman–Crippen MR) is 110 cm³/mol. The molecule has 0 heterocycles. The van der Waals surface area contributed by atoms with Crippen molar-refractivity contribution in [3.63, 3.8) is 0 Å². The Labute approximate surface area is 171 Å². The standard InChI is InChI=1S/C17H16Cl3N3O2S/c18-17(19,20)15(22-14(25)10-11-4-2-1-3-5-11)23-16(26)21-12-6-8-13(24)9-7-12/h1-9,15,24H,10H2,(H,22,25)(H2,21,23,26). The molecule has 2 aromatic carbocycles. The van der Waals surface area contributed by atoms with Crippen molar-refractivity contribution in [2.24, 2.45) is 0 Å². The minimum absolute atomic E-state index is 0.127. The molecule has 2 aromatic rings. The Bertz CT molecular complexity index is 752. The molecule has 4 N–H and O–H groups in total. The van der Waals surface area contributed by atoms with E-state index in [-0.39, 0.29) is 23.2 Å². The van der Waals surface area contributed by atoms with Gasteiger partial charge in [0.25, 0.3) is 0 Å². The van der Waals surface area contributed by atoms with Gasteiger partial charge in [-0.15, -0.1) is 0 Å². The molecule has 0 aliphatic rings. The molecule has 1 amide bonds. The number of benzene rings is 2. The molecule has 0 fully saturated rings. The van der Waals surface area contributed by atoms with Gasteiger partial charge in [-0.25, -0.2) is 0 Å². The molecule has 26 heavy (non-hydrogen) atoms. The quantitative estimate of drug-likeness (QED) is 0.251. The molecule has 0 saturated carbocycles. The van der Waals surface area contributed by atoms with Gasteiger partial charge in [-0.05, 0) is 42.0 Å². The van der Waals surface area contributed by atoms with Gasteiger partial charge in [0.05, 0.1) is 6.42 Å². The van der Waals surface area contributed by atoms with E-state index in [4.69, 9.17) is 47.0 Å². The number of rotatable bonds is 5. The van der Waals surface area contributed by atoms with Gasteiger partial charge in [-0.3, -0.25) is 4.79 Å². The summed E-state index contributed by atoms with van der Waals surface area (Å²) in [6, 6.07) is 15.4. The summed E-state index contributed by atoms with van der Waals surface area (Å²) in [4.78, 5) is 12.2. The van der Waals surface area contributed by atoms with Crippen molar-refractivity contribution in [3.05, 3.63) is 60.2 Å². The average molecular weight is 433 g/mol. The molecule has 1 atom stereocenters. The monoisotopic (exact) mass is 431 g/mol. The Hall–Kier alpha value is -1.73. The summed E-state index contributed by atoms with van der Waals surface area (Å²) >= 11 is 23.0. The molecule has 0 saturated heterocycles. The number of carbonyl (C=O) groups is 1. The van der Waals surface area contributed by atoms with E-state index in [9.17, 15) is 9.90 Å². The molecule has 5 nitrogen and oxygen atoms in total. The zero-order chi connectivity index (χ0) is 19.2. The number of aromatic hydroxyl groups is 1. The van der Waals surface area contributed by atoms with E-state index in [1.54, 1.807) is 12.1 Å². The lowest BCUT2D eigenvalue weighted by Crippen LogP contribution is -2.56. The summed E-state index contributed by atoms with van der Waals surface area (Å²) in [7, 11) is 0. The lowest BCUT2D eigenvalue weighted by Gasteiger charge is -2.27. The van der Waals surface area contributed by atoms with E-state index in [2.05, 4.69) is 16.0 Å². The largest absolute Gasteiger partial charge is 0.508 e. The molecule has 0 spiro atoms. The van der Waals surface area contributed by atoms with Crippen LogP contribution in [0.2, 0.25) is 0 Å². The van der Waals surface area contributed by atoms with Gasteiger partial charge in [0.1, 0.15) is 11.9 Å². The van der Waals surface area contributed by atoms with Crippen LogP contribution < -0.4 is 16.0 Å². The predicted octanol–water partition coefficient (Wildman–Crippen LogP) is 3.73. The summed E-state index contributed by atoms with van der Waals surface area (Å²) in [5.74, 6) is -0.200. The van der Waals surface area contributed by atoms with Crippen molar-refractivity contribution < 1.29 is 9.90 Å². The highest BCUT2D eigenvalue weighted by atomic mass is 35.6. The molecule has 0 aliphatic heterocycles. The maximum absolute atomic E-state index is 12.2. The Balaban J connectivity index is 1.97. The first-order chi connectivity index (χ1) is 12.2. The van der Waals surface area contributed by atoms with Crippen LogP contribution in [-0.4, -0.2) is 26.1 Å². The van der Waals surface area contributed by atoms with Crippen LogP contribution in [0.4, 0.5) is 5.69 Å². The van der Waals surface area contributed by atoms with Crippen molar-refractivity contribution in [3.8, 4) is 5.75 Å². The highest BCUT2D eigenvalue weighted by Gasteiger charge is 2.34. The molecule has 9 heteroatoms. The third-order valence-electron chi connectivity index (χ3n) is 3.24. The lowest BCUT2D eigenvalue weighted by molar-refractivity contribution is -0.121. The number of alkyl halides is 3. The molecule has 138 valence electrons. The van der Waals surface area contributed by atoms with Crippen molar-refractivity contribution in [2.45, 2.75) is 16.4 Å². The minimum Gasteiger partial charge on any atom is -0.508 e. The zero-order valence-electron chi connectivity index (χ0n) is 13.4. The van der Waals surface area contributed by atoms with Gasteiger partial charge in [0.15, 0.2) is 5.11 Å². The number of nitrogens with one attached hydrogen (secondary N) is 3. The van der Waals surface area contributed by atoms with Crippen LogP contribution in [-0.2, 0) is 11.2 Å². The number of amides is 1. The van der Waals surface area contributed by atoms with Crippen LogP contribution in [0.1, 0.15) is 5.56 Å². The summed E-state index contributed by atoms with van der Waals surface area (Å²) in [6.45, 7) is 0. The Morgan fingerprint density at radius 3 is 2.23 bits per heavy atom. The van der Waals surface area contributed by atoms with Crippen molar-refractivity contribution >= 4 is 63.7 Å². The number of halogens is 3. The first-order valence-electron chi connectivity index (χ1n) is 7.50. The Morgan fingerprint density at radius 1 is 1.04 bits per heavy atom. The molecule has 1 unspecified atom stereocenters. The van der Waals surface area contributed by atoms with Crippen LogP contribution in [0.3, 0.4) is 0 Å². The minimum atomic E-state index is -1.83. The molecule has 0 bridgehead atoms. The van der Waals surface area contributed by atoms with E-state index in [0.29, 0.717) is 5.69 Å². The summed E-state index contributed by atoms with van der Waals surface area (Å²) in [5, 5.41) is 17.7. The highest BCUT2D eigenvalue weighted by molar-refractivity contribution is 7.80. The van der Waals surface area contributed by atoms with Crippen LogP contribution in [0, 0.1) is 0 Å². The van der Waals surface area contributed by atoms with Crippen LogP contribution in [0.5, 0.6) is 5.75 Å². The lowest BCUT2D eigenvalue weighted by atomic mass is 10.1. The van der Waals surface area contributed by atoms with E-state index >= 15 is 0 Å². The Morgan fingerprint density at radius 2 is 1.65 bits per heavy atom. The van der Waals surface area contributed by atoms with Gasteiger partial charge < -0.3 is 21.1 Å². The van der Waals surface area contributed by atoms with Gasteiger partial charge in [0, 0.05) is 5.69 Å². The van der Waals surface area contributed by atoms with Crippen LogP contribution >= 0.6 is 47.0 Å². The Kier molecular flexibility index (Phi) is 7.34. The van der Waals surface area contributed by atoms with Crippen LogP contribution in [0.25, 0.3) is 0 Å². The third kappa shape index (κ3) is 6.88. The van der Waals surface area contributed by atoms with Crippen molar-refractivity contribution in [1.82, 2.24) is 10.6 Å². The second-order valence-electron chi connectivity index (χ2n) is 5.35. The molecular weight excluding hydrogens is 417 g/mol. The summed E-state index contributed by atoms with van der Waals surface area (Å²) in [6.07, 6.45) is -0.904. The molecule has 0 radical (unpaired) electrons. The number of anilines is 1. The van der Waals surface area contributed by atoms with Crippen LogP contribution in [0.15, 0.2) is 54.6 Å². The second kappa shape index (κ2) is 9.28. The van der Waals surface area contributed by atoms with Crippen molar-refractivity contribution in [1.29, 1.82) is 0 Å². The van der Waals surface area contributed by atoms with Gasteiger partial charge in [-0.2, -0.15) is 0 Å². The van der Waals surface area contributed by atoms with Gasteiger partial charge >= 0.3 is 0 Å². The van der Waals surface area contributed by atoms with Gasteiger partial charge in [0.2, 0.25) is 9.70 Å². The number of hydrogen-bond donors (Lipinski definition) is 4. The maximum Gasteiger partial charge on any atom is 0.228 e. The number of carbonyl (C=O) groups excluding carboxylic acids is 1. The number of hydrogen-bond acceptors (Lipinski definition) is 3. The van der Waals surface area contributed by atoms with Gasteiger partial charge in [-0.1, -0.05) is 65.1 Å². The zero-order valence-corrected chi connectivity index (χ0v) is 16.5. The molecule has 0 aliphatic carbocycles. The number of phenolic OH excluding ortho intramolecular Hbond substituents is 1.